The molecule has 1 rings (SSSR count). The molecule has 0 aromatic carbocycles. The largest absolute Gasteiger partial charge is 0.383 e. The number of carbonyl (C=O) groups is 1. The summed E-state index contributed by atoms with van der Waals surface area (Å²) in [5, 5.41) is 0. The first-order chi connectivity index (χ1) is 7.61. The Kier molecular flexibility index (Phi) is 5.18. The van der Waals surface area contributed by atoms with Gasteiger partial charge in [0.05, 0.1) is 12.6 Å². The lowest BCUT2D eigenvalue weighted by atomic mass is 10.1. The number of methoxy groups -OCH3 is 1. The lowest BCUT2D eigenvalue weighted by molar-refractivity contribution is -0.127. The minimum Gasteiger partial charge on any atom is -0.383 e. The zero-order chi connectivity index (χ0) is 12.1. The first kappa shape index (κ1) is 13.4. The molecule has 5 heteroatoms. The first-order valence-electron chi connectivity index (χ1n) is 5.87. The molecular weight excluding hydrogens is 206 g/mol. The molecule has 16 heavy (non-hydrogen) atoms. The SMILES string of the molecule is COCCN(C(C)C(=O)NN)C(C)C1CC1. The summed E-state index contributed by atoms with van der Waals surface area (Å²) in [7, 11) is 1.67. The standard InChI is InChI=1S/C11H23N3O2/c1-8(10-4-5-10)14(6-7-16-3)9(2)11(15)13-12/h8-10H,4-7,12H2,1-3H3,(H,13,15). The van der Waals surface area contributed by atoms with Crippen LogP contribution < -0.4 is 11.3 Å². The van der Waals surface area contributed by atoms with Crippen LogP contribution in [0.15, 0.2) is 0 Å². The number of carbonyl (C=O) groups excluding carboxylic acids is 1. The minimum absolute atomic E-state index is 0.136. The minimum atomic E-state index is -0.198. The Balaban J connectivity index is 2.57. The third-order valence-corrected chi connectivity index (χ3v) is 3.40. The van der Waals surface area contributed by atoms with E-state index < -0.39 is 0 Å². The average molecular weight is 229 g/mol. The number of nitrogens with two attached hydrogens (primary N) is 1. The molecule has 0 aliphatic heterocycles. The van der Waals surface area contributed by atoms with E-state index in [-0.39, 0.29) is 11.9 Å². The zero-order valence-electron chi connectivity index (χ0n) is 10.4. The molecule has 0 aromatic heterocycles. The molecule has 1 fully saturated rings. The van der Waals surface area contributed by atoms with Gasteiger partial charge in [-0.3, -0.25) is 15.1 Å². The van der Waals surface area contributed by atoms with Crippen molar-refractivity contribution in [1.29, 1.82) is 0 Å². The smallest absolute Gasteiger partial charge is 0.250 e. The van der Waals surface area contributed by atoms with E-state index in [1.54, 1.807) is 7.11 Å². The average Bonchev–Trinajstić information content (AvgIpc) is 3.11. The Morgan fingerprint density at radius 1 is 1.56 bits per heavy atom. The molecule has 0 saturated heterocycles. The van der Waals surface area contributed by atoms with Gasteiger partial charge in [0.25, 0.3) is 5.91 Å². The van der Waals surface area contributed by atoms with E-state index in [0.29, 0.717) is 12.6 Å². The highest BCUT2D eigenvalue weighted by Gasteiger charge is 2.35. The van der Waals surface area contributed by atoms with Crippen molar-refractivity contribution in [3.63, 3.8) is 0 Å². The summed E-state index contributed by atoms with van der Waals surface area (Å²) in [5.74, 6) is 5.77. The summed E-state index contributed by atoms with van der Waals surface area (Å²) in [4.78, 5) is 13.7. The zero-order valence-corrected chi connectivity index (χ0v) is 10.4. The van der Waals surface area contributed by atoms with Crippen molar-refractivity contribution < 1.29 is 9.53 Å². The predicted molar refractivity (Wildman–Crippen MR) is 62.6 cm³/mol. The van der Waals surface area contributed by atoms with Crippen LogP contribution >= 0.6 is 0 Å². The number of hydrogen-bond donors (Lipinski definition) is 2. The van der Waals surface area contributed by atoms with Crippen LogP contribution in [0.25, 0.3) is 0 Å². The number of nitrogens with one attached hydrogen (secondary N) is 1. The van der Waals surface area contributed by atoms with Crippen molar-refractivity contribution in [2.24, 2.45) is 11.8 Å². The number of amides is 1. The van der Waals surface area contributed by atoms with E-state index in [1.807, 2.05) is 6.92 Å². The van der Waals surface area contributed by atoms with Crippen LogP contribution in [0, 0.1) is 5.92 Å². The molecule has 0 heterocycles. The Hall–Kier alpha value is -0.650. The Bertz CT molecular complexity index is 231. The lowest BCUT2D eigenvalue weighted by Crippen LogP contribution is -2.52. The molecule has 1 saturated carbocycles. The van der Waals surface area contributed by atoms with Gasteiger partial charge in [-0.2, -0.15) is 0 Å². The molecule has 0 bridgehead atoms. The maximum atomic E-state index is 11.5. The predicted octanol–water partition coefficient (Wildman–Crippen LogP) is 0.112. The Labute approximate surface area is 97.3 Å². The number of hydrazine groups is 1. The number of rotatable bonds is 7. The summed E-state index contributed by atoms with van der Waals surface area (Å²) in [6, 6.07) is 0.221. The van der Waals surface area contributed by atoms with Gasteiger partial charge in [0.2, 0.25) is 0 Å². The monoisotopic (exact) mass is 229 g/mol. The fraction of sp³-hybridized carbons (Fsp3) is 0.909. The molecule has 0 spiro atoms. The van der Waals surface area contributed by atoms with E-state index in [9.17, 15) is 4.79 Å². The second-order valence-corrected chi connectivity index (χ2v) is 4.49. The van der Waals surface area contributed by atoms with Gasteiger partial charge in [-0.25, -0.2) is 5.84 Å². The van der Waals surface area contributed by atoms with Gasteiger partial charge in [-0.15, -0.1) is 0 Å². The van der Waals surface area contributed by atoms with Gasteiger partial charge < -0.3 is 4.74 Å². The number of hydrogen-bond acceptors (Lipinski definition) is 4. The first-order valence-corrected chi connectivity index (χ1v) is 5.87. The second kappa shape index (κ2) is 6.18. The highest BCUT2D eigenvalue weighted by Crippen LogP contribution is 2.35. The van der Waals surface area contributed by atoms with Gasteiger partial charge in [0, 0.05) is 19.7 Å². The Morgan fingerprint density at radius 3 is 2.62 bits per heavy atom. The van der Waals surface area contributed by atoms with Gasteiger partial charge in [0.1, 0.15) is 0 Å². The fourth-order valence-corrected chi connectivity index (χ4v) is 2.07. The maximum absolute atomic E-state index is 11.5. The molecule has 0 radical (unpaired) electrons. The third kappa shape index (κ3) is 3.43. The summed E-state index contributed by atoms with van der Waals surface area (Å²) >= 11 is 0. The van der Waals surface area contributed by atoms with Crippen molar-refractivity contribution in [1.82, 2.24) is 10.3 Å². The van der Waals surface area contributed by atoms with E-state index in [2.05, 4.69) is 17.2 Å². The second-order valence-electron chi connectivity index (χ2n) is 4.49. The van der Waals surface area contributed by atoms with Crippen molar-refractivity contribution >= 4 is 5.91 Å². The summed E-state index contributed by atoms with van der Waals surface area (Å²) < 4.78 is 5.08. The highest BCUT2D eigenvalue weighted by molar-refractivity contribution is 5.80. The summed E-state index contributed by atoms with van der Waals surface area (Å²) in [5.41, 5.74) is 2.21. The molecular formula is C11H23N3O2. The highest BCUT2D eigenvalue weighted by atomic mass is 16.5. The number of nitrogens with zero attached hydrogens (tertiary/aromatic N) is 1. The number of ether oxygens (including phenoxy) is 1. The molecule has 94 valence electrons. The molecule has 2 unspecified atom stereocenters. The van der Waals surface area contributed by atoms with Crippen LogP contribution in [0.3, 0.4) is 0 Å². The van der Waals surface area contributed by atoms with E-state index in [1.165, 1.54) is 12.8 Å². The maximum Gasteiger partial charge on any atom is 0.250 e. The van der Waals surface area contributed by atoms with Crippen molar-refractivity contribution in [3.8, 4) is 0 Å². The van der Waals surface area contributed by atoms with Crippen molar-refractivity contribution in [2.45, 2.75) is 38.8 Å². The molecule has 1 aliphatic carbocycles. The molecule has 1 aliphatic rings. The summed E-state index contributed by atoms with van der Waals surface area (Å²) in [6.07, 6.45) is 2.53. The van der Waals surface area contributed by atoms with Crippen molar-refractivity contribution in [3.05, 3.63) is 0 Å². The van der Waals surface area contributed by atoms with Gasteiger partial charge >= 0.3 is 0 Å². The molecule has 2 atom stereocenters. The fourth-order valence-electron chi connectivity index (χ4n) is 2.07. The molecule has 0 aromatic rings. The molecule has 1 amide bonds. The third-order valence-electron chi connectivity index (χ3n) is 3.40. The van der Waals surface area contributed by atoms with E-state index >= 15 is 0 Å². The topological polar surface area (TPSA) is 67.6 Å². The summed E-state index contributed by atoms with van der Waals surface area (Å²) in [6.45, 7) is 5.46. The molecule has 5 nitrogen and oxygen atoms in total. The van der Waals surface area contributed by atoms with E-state index in [4.69, 9.17) is 10.6 Å². The van der Waals surface area contributed by atoms with Crippen LogP contribution in [0.4, 0.5) is 0 Å². The van der Waals surface area contributed by atoms with Gasteiger partial charge in [-0.05, 0) is 32.6 Å². The van der Waals surface area contributed by atoms with Crippen molar-refractivity contribution in [2.75, 3.05) is 20.3 Å². The van der Waals surface area contributed by atoms with Crippen LogP contribution in [0.5, 0.6) is 0 Å². The van der Waals surface area contributed by atoms with Crippen LogP contribution in [0.2, 0.25) is 0 Å². The van der Waals surface area contributed by atoms with Crippen LogP contribution in [-0.2, 0) is 9.53 Å². The van der Waals surface area contributed by atoms with E-state index in [0.717, 1.165) is 12.5 Å². The quantitative estimate of drug-likeness (QED) is 0.369. The lowest BCUT2D eigenvalue weighted by Gasteiger charge is -2.33. The van der Waals surface area contributed by atoms with Gasteiger partial charge in [0.15, 0.2) is 0 Å². The van der Waals surface area contributed by atoms with Gasteiger partial charge in [-0.1, -0.05) is 0 Å². The normalized spacial score (nSPS) is 19.6. The molecule has 3 N–H and O–H groups in total. The van der Waals surface area contributed by atoms with Crippen LogP contribution in [-0.4, -0.2) is 43.2 Å². The van der Waals surface area contributed by atoms with Crippen LogP contribution in [0.1, 0.15) is 26.7 Å². The Morgan fingerprint density at radius 2 is 2.19 bits per heavy atom.